The van der Waals surface area contributed by atoms with Crippen LogP contribution in [-0.4, -0.2) is 12.6 Å². The highest BCUT2D eigenvalue weighted by Gasteiger charge is 2.05. The Hall–Kier alpha value is -1.54. The van der Waals surface area contributed by atoms with Gasteiger partial charge in [0.2, 0.25) is 6.08 Å². The molecule has 0 aromatic heterocycles. The molecule has 0 atom stereocenters. The van der Waals surface area contributed by atoms with Gasteiger partial charge in [-0.05, 0) is 18.1 Å². The van der Waals surface area contributed by atoms with Crippen molar-refractivity contribution in [2.24, 2.45) is 4.99 Å². The molecule has 68 valence electrons. The number of halogens is 2. The summed E-state index contributed by atoms with van der Waals surface area (Å²) in [6.45, 7) is 0.129. The molecule has 0 saturated heterocycles. The van der Waals surface area contributed by atoms with Gasteiger partial charge in [0.05, 0.1) is 6.54 Å². The van der Waals surface area contributed by atoms with E-state index in [0.717, 1.165) is 6.07 Å². The minimum absolute atomic E-state index is 0.129. The molecular weight excluding hydrogens is 176 g/mol. The second-order valence-electron chi connectivity index (χ2n) is 2.44. The molecule has 4 heteroatoms. The summed E-state index contributed by atoms with van der Waals surface area (Å²) in [5.41, 5.74) is 0.221. The van der Waals surface area contributed by atoms with Gasteiger partial charge in [0, 0.05) is 0 Å². The molecule has 0 radical (unpaired) electrons. The first-order chi connectivity index (χ1) is 6.25. The van der Waals surface area contributed by atoms with Gasteiger partial charge < -0.3 is 0 Å². The van der Waals surface area contributed by atoms with E-state index in [1.165, 1.54) is 18.2 Å². The summed E-state index contributed by atoms with van der Waals surface area (Å²) in [7, 11) is 0. The number of carbonyl (C=O) groups excluding carboxylic acids is 1. The molecule has 0 heterocycles. The van der Waals surface area contributed by atoms with Crippen molar-refractivity contribution in [2.75, 3.05) is 6.54 Å². The summed E-state index contributed by atoms with van der Waals surface area (Å²) < 4.78 is 25.5. The van der Waals surface area contributed by atoms with Crippen LogP contribution in [0.1, 0.15) is 5.56 Å². The van der Waals surface area contributed by atoms with E-state index < -0.39 is 11.6 Å². The Morgan fingerprint density at radius 1 is 1.38 bits per heavy atom. The molecule has 1 aromatic carbocycles. The van der Waals surface area contributed by atoms with Gasteiger partial charge in [-0.3, -0.25) is 0 Å². The minimum atomic E-state index is -0.882. The van der Waals surface area contributed by atoms with E-state index in [9.17, 15) is 13.6 Å². The van der Waals surface area contributed by atoms with Gasteiger partial charge in [0.1, 0.15) is 0 Å². The maximum absolute atomic E-state index is 12.9. The number of hydrogen-bond acceptors (Lipinski definition) is 2. The maximum Gasteiger partial charge on any atom is 0.234 e. The molecule has 1 rings (SSSR count). The molecule has 0 aliphatic carbocycles. The van der Waals surface area contributed by atoms with Crippen molar-refractivity contribution in [1.82, 2.24) is 0 Å². The van der Waals surface area contributed by atoms with Crippen molar-refractivity contribution in [1.29, 1.82) is 0 Å². The van der Waals surface area contributed by atoms with Crippen molar-refractivity contribution in [3.63, 3.8) is 0 Å². The fraction of sp³-hybridized carbons (Fsp3) is 0.222. The van der Waals surface area contributed by atoms with Crippen LogP contribution in [0.4, 0.5) is 8.78 Å². The van der Waals surface area contributed by atoms with Gasteiger partial charge in [-0.2, -0.15) is 0 Å². The summed E-state index contributed by atoms with van der Waals surface area (Å²) in [5.74, 6) is -1.75. The van der Waals surface area contributed by atoms with Crippen LogP contribution in [0.25, 0.3) is 0 Å². The number of benzene rings is 1. The van der Waals surface area contributed by atoms with Gasteiger partial charge in [-0.1, -0.05) is 12.1 Å². The minimum Gasteiger partial charge on any atom is -0.211 e. The predicted octanol–water partition coefficient (Wildman–Crippen LogP) is 1.84. The van der Waals surface area contributed by atoms with E-state index in [1.54, 1.807) is 0 Å². The van der Waals surface area contributed by atoms with Crippen LogP contribution in [0.5, 0.6) is 0 Å². The van der Waals surface area contributed by atoms with Crippen molar-refractivity contribution >= 4 is 6.08 Å². The van der Waals surface area contributed by atoms with Crippen LogP contribution >= 0.6 is 0 Å². The lowest BCUT2D eigenvalue weighted by Crippen LogP contribution is -1.96. The quantitative estimate of drug-likeness (QED) is 0.519. The Labute approximate surface area is 73.9 Å². The van der Waals surface area contributed by atoms with Crippen LogP contribution in [-0.2, 0) is 11.2 Å². The third-order valence-electron chi connectivity index (χ3n) is 1.59. The number of rotatable bonds is 3. The standard InChI is InChI=1S/C9H7F2NO/c10-8-3-1-2-7(9(8)11)4-5-12-6-13/h1-3H,4-5H2. The average Bonchev–Trinajstić information content (AvgIpc) is 2.13. The lowest BCUT2D eigenvalue weighted by molar-refractivity contribution is 0.499. The van der Waals surface area contributed by atoms with Crippen molar-refractivity contribution in [2.45, 2.75) is 6.42 Å². The highest BCUT2D eigenvalue weighted by molar-refractivity contribution is 5.33. The normalized spacial score (nSPS) is 9.38. The average molecular weight is 183 g/mol. The van der Waals surface area contributed by atoms with Crippen molar-refractivity contribution in [3.8, 4) is 0 Å². The van der Waals surface area contributed by atoms with Gasteiger partial charge in [0.25, 0.3) is 0 Å². The topological polar surface area (TPSA) is 29.4 Å². The van der Waals surface area contributed by atoms with E-state index in [-0.39, 0.29) is 18.5 Å². The van der Waals surface area contributed by atoms with E-state index in [4.69, 9.17) is 0 Å². The Morgan fingerprint density at radius 3 is 2.85 bits per heavy atom. The highest BCUT2D eigenvalue weighted by Crippen LogP contribution is 2.11. The first kappa shape index (κ1) is 9.55. The molecule has 0 N–H and O–H groups in total. The third kappa shape index (κ3) is 2.46. The summed E-state index contributed by atoms with van der Waals surface area (Å²) in [6.07, 6.45) is 1.54. The zero-order valence-electron chi connectivity index (χ0n) is 6.76. The van der Waals surface area contributed by atoms with Crippen LogP contribution < -0.4 is 0 Å². The largest absolute Gasteiger partial charge is 0.234 e. The van der Waals surface area contributed by atoms with E-state index in [0.29, 0.717) is 0 Å². The molecule has 0 amide bonds. The Morgan fingerprint density at radius 2 is 2.15 bits per heavy atom. The summed E-state index contributed by atoms with van der Waals surface area (Å²) in [4.78, 5) is 12.9. The zero-order valence-corrected chi connectivity index (χ0v) is 6.76. The van der Waals surface area contributed by atoms with E-state index in [1.807, 2.05) is 0 Å². The molecule has 0 aliphatic heterocycles. The highest BCUT2D eigenvalue weighted by atomic mass is 19.2. The molecule has 13 heavy (non-hydrogen) atoms. The zero-order chi connectivity index (χ0) is 9.68. The Kier molecular flexibility index (Phi) is 3.29. The molecule has 1 aromatic rings. The number of aliphatic imine (C=N–C) groups is 1. The molecule has 0 unspecified atom stereocenters. The second-order valence-corrected chi connectivity index (χ2v) is 2.44. The fourth-order valence-corrected chi connectivity index (χ4v) is 0.964. The molecule has 0 spiro atoms. The van der Waals surface area contributed by atoms with Gasteiger partial charge in [0.15, 0.2) is 11.6 Å². The Balaban J connectivity index is 2.76. The lowest BCUT2D eigenvalue weighted by atomic mass is 10.1. The Bertz CT molecular complexity index is 345. The van der Waals surface area contributed by atoms with Crippen LogP contribution in [0.3, 0.4) is 0 Å². The lowest BCUT2D eigenvalue weighted by Gasteiger charge is -1.99. The smallest absolute Gasteiger partial charge is 0.211 e. The molecular formula is C9H7F2NO. The van der Waals surface area contributed by atoms with Crippen LogP contribution in [0.15, 0.2) is 23.2 Å². The van der Waals surface area contributed by atoms with Crippen molar-refractivity contribution < 1.29 is 13.6 Å². The van der Waals surface area contributed by atoms with Crippen LogP contribution in [0, 0.1) is 11.6 Å². The molecule has 0 saturated carbocycles. The first-order valence-corrected chi connectivity index (χ1v) is 3.72. The van der Waals surface area contributed by atoms with Crippen molar-refractivity contribution in [3.05, 3.63) is 35.4 Å². The molecule has 0 bridgehead atoms. The monoisotopic (exact) mass is 183 g/mol. The second kappa shape index (κ2) is 4.48. The summed E-state index contributed by atoms with van der Waals surface area (Å²) in [6, 6.07) is 3.92. The summed E-state index contributed by atoms with van der Waals surface area (Å²) in [5, 5.41) is 0. The number of hydrogen-bond donors (Lipinski definition) is 0. The van der Waals surface area contributed by atoms with E-state index >= 15 is 0 Å². The van der Waals surface area contributed by atoms with Gasteiger partial charge >= 0.3 is 0 Å². The number of isocyanates is 1. The molecule has 2 nitrogen and oxygen atoms in total. The van der Waals surface area contributed by atoms with E-state index in [2.05, 4.69) is 4.99 Å². The van der Waals surface area contributed by atoms with Crippen LogP contribution in [0.2, 0.25) is 0 Å². The maximum atomic E-state index is 12.9. The summed E-state index contributed by atoms with van der Waals surface area (Å²) >= 11 is 0. The first-order valence-electron chi connectivity index (χ1n) is 3.72. The SMILES string of the molecule is O=C=NCCc1cccc(F)c1F. The third-order valence-corrected chi connectivity index (χ3v) is 1.59. The number of nitrogens with zero attached hydrogens (tertiary/aromatic N) is 1. The molecule has 0 aliphatic rings. The fourth-order valence-electron chi connectivity index (χ4n) is 0.964. The molecule has 0 fully saturated rings. The predicted molar refractivity (Wildman–Crippen MR) is 43.1 cm³/mol. The van der Waals surface area contributed by atoms with Gasteiger partial charge in [-0.15, -0.1) is 0 Å². The van der Waals surface area contributed by atoms with Gasteiger partial charge in [-0.25, -0.2) is 18.6 Å².